The van der Waals surface area contributed by atoms with Gasteiger partial charge in [0.05, 0.1) is 6.61 Å². The van der Waals surface area contributed by atoms with Crippen LogP contribution in [-0.4, -0.2) is 16.8 Å². The van der Waals surface area contributed by atoms with Crippen molar-refractivity contribution in [1.29, 1.82) is 0 Å². The maximum Gasteiger partial charge on any atom is 0.224 e. The second-order valence-corrected chi connectivity index (χ2v) is 5.91. The molecule has 2 aromatic rings. The summed E-state index contributed by atoms with van der Waals surface area (Å²) in [5, 5.41) is 11.9. The monoisotopic (exact) mass is 309 g/mol. The Bertz CT molecular complexity index is 735. The summed E-state index contributed by atoms with van der Waals surface area (Å²) in [6, 6.07) is 13.2. The zero-order chi connectivity index (χ0) is 16.2. The summed E-state index contributed by atoms with van der Waals surface area (Å²) in [6.45, 7) is 0.0138. The van der Waals surface area contributed by atoms with Gasteiger partial charge in [0, 0.05) is 24.9 Å². The van der Waals surface area contributed by atoms with Gasteiger partial charge in [-0.15, -0.1) is 0 Å². The predicted molar refractivity (Wildman–Crippen MR) is 88.2 cm³/mol. The Morgan fingerprint density at radius 2 is 1.61 bits per heavy atom. The summed E-state index contributed by atoms with van der Waals surface area (Å²) in [5.74, 6) is 0.203. The molecule has 0 atom stereocenters. The van der Waals surface area contributed by atoms with Gasteiger partial charge in [0.1, 0.15) is 5.78 Å². The van der Waals surface area contributed by atoms with Crippen molar-refractivity contribution in [2.24, 2.45) is 0 Å². The van der Waals surface area contributed by atoms with E-state index in [9.17, 15) is 9.59 Å². The minimum atomic E-state index is 0.0138. The maximum atomic E-state index is 12.2. The van der Waals surface area contributed by atoms with Gasteiger partial charge in [-0.3, -0.25) is 9.59 Å². The van der Waals surface area contributed by atoms with E-state index in [1.165, 1.54) is 0 Å². The van der Waals surface area contributed by atoms with Gasteiger partial charge in [0.2, 0.25) is 5.91 Å². The number of rotatable bonds is 5. The van der Waals surface area contributed by atoms with Crippen molar-refractivity contribution in [1.82, 2.24) is 0 Å². The number of ketones is 1. The van der Waals surface area contributed by atoms with E-state index >= 15 is 0 Å². The molecule has 2 aromatic carbocycles. The molecule has 0 aliphatic carbocycles. The van der Waals surface area contributed by atoms with E-state index in [0.29, 0.717) is 19.3 Å². The van der Waals surface area contributed by atoms with E-state index in [-0.39, 0.29) is 18.3 Å². The Morgan fingerprint density at radius 3 is 2.35 bits per heavy atom. The van der Waals surface area contributed by atoms with E-state index in [1.54, 1.807) is 0 Å². The van der Waals surface area contributed by atoms with Gasteiger partial charge in [0.15, 0.2) is 0 Å². The standard InChI is InChI=1S/C19H19NO3/c21-12-14-3-1-13(2-4-14)10-17(22)11-15-5-7-18-16(9-15)6-8-19(23)20-18/h1-5,7,9,21H,6,8,10-12H2,(H,20,23). The van der Waals surface area contributed by atoms with E-state index in [1.807, 2.05) is 42.5 Å². The first-order chi connectivity index (χ1) is 11.1. The summed E-state index contributed by atoms with van der Waals surface area (Å²) in [7, 11) is 0. The minimum Gasteiger partial charge on any atom is -0.392 e. The minimum absolute atomic E-state index is 0.0138. The average molecular weight is 309 g/mol. The molecule has 4 heteroatoms. The maximum absolute atomic E-state index is 12.2. The van der Waals surface area contributed by atoms with Gasteiger partial charge >= 0.3 is 0 Å². The van der Waals surface area contributed by atoms with Crippen LogP contribution in [0.2, 0.25) is 0 Å². The number of hydrogen-bond donors (Lipinski definition) is 2. The molecule has 0 spiro atoms. The van der Waals surface area contributed by atoms with Crippen molar-refractivity contribution >= 4 is 17.4 Å². The molecule has 2 N–H and O–H groups in total. The summed E-state index contributed by atoms with van der Waals surface area (Å²) >= 11 is 0. The van der Waals surface area contributed by atoms with Crippen LogP contribution < -0.4 is 5.32 Å². The SMILES string of the molecule is O=C(Cc1ccc(CO)cc1)Cc1ccc2c(c1)CCC(=O)N2. The fourth-order valence-corrected chi connectivity index (χ4v) is 2.83. The number of carbonyl (C=O) groups excluding carboxylic acids is 2. The molecule has 1 aliphatic heterocycles. The predicted octanol–water partition coefficient (Wildman–Crippen LogP) is 2.42. The van der Waals surface area contributed by atoms with Crippen LogP contribution in [0.3, 0.4) is 0 Å². The third-order valence-electron chi connectivity index (χ3n) is 4.07. The van der Waals surface area contributed by atoms with E-state index < -0.39 is 0 Å². The Morgan fingerprint density at radius 1 is 0.957 bits per heavy atom. The van der Waals surface area contributed by atoms with Gasteiger partial charge in [-0.05, 0) is 34.7 Å². The average Bonchev–Trinajstić information content (AvgIpc) is 2.55. The van der Waals surface area contributed by atoms with Crippen molar-refractivity contribution in [2.75, 3.05) is 5.32 Å². The number of aliphatic hydroxyl groups excluding tert-OH is 1. The summed E-state index contributed by atoms with van der Waals surface area (Å²) < 4.78 is 0. The highest BCUT2D eigenvalue weighted by Crippen LogP contribution is 2.24. The van der Waals surface area contributed by atoms with Gasteiger partial charge in [-0.25, -0.2) is 0 Å². The molecule has 23 heavy (non-hydrogen) atoms. The quantitative estimate of drug-likeness (QED) is 0.891. The van der Waals surface area contributed by atoms with Crippen LogP contribution in [0.4, 0.5) is 5.69 Å². The molecule has 3 rings (SSSR count). The van der Waals surface area contributed by atoms with Gasteiger partial charge in [0.25, 0.3) is 0 Å². The molecule has 1 heterocycles. The van der Waals surface area contributed by atoms with Crippen molar-refractivity contribution in [2.45, 2.75) is 32.3 Å². The Labute approximate surface area is 135 Å². The molecule has 118 valence electrons. The number of aliphatic hydroxyl groups is 1. The van der Waals surface area contributed by atoms with Crippen molar-refractivity contribution in [3.63, 3.8) is 0 Å². The first-order valence-corrected chi connectivity index (χ1v) is 7.76. The molecule has 0 saturated carbocycles. The Kier molecular flexibility index (Phi) is 4.53. The first kappa shape index (κ1) is 15.4. The van der Waals surface area contributed by atoms with Crippen LogP contribution in [0, 0.1) is 0 Å². The van der Waals surface area contributed by atoms with Crippen LogP contribution in [0.1, 0.15) is 28.7 Å². The molecule has 0 fully saturated rings. The number of aryl methyl sites for hydroxylation is 1. The number of anilines is 1. The molecule has 0 saturated heterocycles. The van der Waals surface area contributed by atoms with Crippen LogP contribution in [0.25, 0.3) is 0 Å². The van der Waals surface area contributed by atoms with Gasteiger partial charge < -0.3 is 10.4 Å². The zero-order valence-corrected chi connectivity index (χ0v) is 12.8. The zero-order valence-electron chi connectivity index (χ0n) is 12.8. The number of fused-ring (bicyclic) bond motifs is 1. The number of nitrogens with one attached hydrogen (secondary N) is 1. The van der Waals surface area contributed by atoms with Gasteiger partial charge in [-0.2, -0.15) is 0 Å². The van der Waals surface area contributed by atoms with Gasteiger partial charge in [-0.1, -0.05) is 36.4 Å². The molecule has 4 nitrogen and oxygen atoms in total. The second-order valence-electron chi connectivity index (χ2n) is 5.91. The number of carbonyl (C=O) groups is 2. The highest BCUT2D eigenvalue weighted by molar-refractivity contribution is 5.94. The lowest BCUT2D eigenvalue weighted by Gasteiger charge is -2.17. The van der Waals surface area contributed by atoms with Crippen LogP contribution >= 0.6 is 0 Å². The molecule has 0 radical (unpaired) electrons. The molecule has 0 unspecified atom stereocenters. The highest BCUT2D eigenvalue weighted by atomic mass is 16.3. The fraction of sp³-hybridized carbons (Fsp3) is 0.263. The largest absolute Gasteiger partial charge is 0.392 e. The number of Topliss-reactive ketones (excluding diaryl/α,β-unsaturated/α-hetero) is 1. The van der Waals surface area contributed by atoms with Crippen LogP contribution in [0.15, 0.2) is 42.5 Å². The lowest BCUT2D eigenvalue weighted by atomic mass is 9.96. The normalized spacial score (nSPS) is 13.3. The first-order valence-electron chi connectivity index (χ1n) is 7.76. The lowest BCUT2D eigenvalue weighted by molar-refractivity contribution is -0.118. The lowest BCUT2D eigenvalue weighted by Crippen LogP contribution is -2.19. The molecule has 0 aromatic heterocycles. The molecule has 1 amide bonds. The smallest absolute Gasteiger partial charge is 0.224 e. The number of amides is 1. The second kappa shape index (κ2) is 6.75. The number of hydrogen-bond acceptors (Lipinski definition) is 3. The molecule has 1 aliphatic rings. The van der Waals surface area contributed by atoms with E-state index in [0.717, 1.165) is 34.4 Å². The van der Waals surface area contributed by atoms with Crippen LogP contribution in [-0.2, 0) is 35.5 Å². The topological polar surface area (TPSA) is 66.4 Å². The summed E-state index contributed by atoms with van der Waals surface area (Å²) in [5.41, 5.74) is 4.74. The van der Waals surface area contributed by atoms with Crippen molar-refractivity contribution in [3.05, 3.63) is 64.7 Å². The summed E-state index contributed by atoms with van der Waals surface area (Å²) in [6.07, 6.45) is 2.01. The molecular formula is C19H19NO3. The molecule has 0 bridgehead atoms. The highest BCUT2D eigenvalue weighted by Gasteiger charge is 2.15. The summed E-state index contributed by atoms with van der Waals surface area (Å²) in [4.78, 5) is 23.6. The third-order valence-corrected chi connectivity index (χ3v) is 4.07. The molecular weight excluding hydrogens is 290 g/mol. The van der Waals surface area contributed by atoms with Crippen molar-refractivity contribution < 1.29 is 14.7 Å². The Balaban J connectivity index is 1.64. The third kappa shape index (κ3) is 3.85. The van der Waals surface area contributed by atoms with Crippen LogP contribution in [0.5, 0.6) is 0 Å². The fourth-order valence-electron chi connectivity index (χ4n) is 2.83. The number of benzene rings is 2. The van der Waals surface area contributed by atoms with Crippen molar-refractivity contribution in [3.8, 4) is 0 Å². The van der Waals surface area contributed by atoms with E-state index in [4.69, 9.17) is 5.11 Å². The Hall–Kier alpha value is -2.46. The van der Waals surface area contributed by atoms with E-state index in [2.05, 4.69) is 5.32 Å².